The summed E-state index contributed by atoms with van der Waals surface area (Å²) in [4.78, 5) is 29.9. The zero-order valence-corrected chi connectivity index (χ0v) is 22.5. The van der Waals surface area contributed by atoms with Crippen LogP contribution < -0.4 is 10.1 Å². The van der Waals surface area contributed by atoms with Crippen molar-refractivity contribution in [3.05, 3.63) is 47.9 Å². The standard InChI is InChI=1S/C28H32F3N5O4/c1-16(37)35-9-7-20(8-10-35)40-24-14-22-17(15-36(34-22)19-12-18(13-19)27(2,3)39)11-23(24)33-26(38)21-5-4-6-25(32-21)28(29,30)31/h4-6,11,14-15,18-20,39H,7-10,12-13H2,1-3H3,(H,33,38). The van der Waals surface area contributed by atoms with Gasteiger partial charge in [0.05, 0.1) is 22.8 Å². The van der Waals surface area contributed by atoms with Gasteiger partial charge in [0.2, 0.25) is 5.91 Å². The van der Waals surface area contributed by atoms with E-state index >= 15 is 0 Å². The molecule has 2 fully saturated rings. The van der Waals surface area contributed by atoms with E-state index in [1.165, 1.54) is 13.0 Å². The number of hydrogen-bond acceptors (Lipinski definition) is 6. The largest absolute Gasteiger partial charge is 0.488 e. The van der Waals surface area contributed by atoms with Gasteiger partial charge in [-0.1, -0.05) is 6.07 Å². The lowest BCUT2D eigenvalue weighted by Gasteiger charge is -2.42. The van der Waals surface area contributed by atoms with E-state index in [0.29, 0.717) is 37.2 Å². The van der Waals surface area contributed by atoms with E-state index in [1.807, 2.05) is 10.9 Å². The number of nitrogens with zero attached hydrogens (tertiary/aromatic N) is 4. The fourth-order valence-corrected chi connectivity index (χ4v) is 5.21. The molecule has 40 heavy (non-hydrogen) atoms. The normalized spacial score (nSPS) is 20.3. The Labute approximate surface area is 229 Å². The minimum Gasteiger partial charge on any atom is -0.488 e. The predicted molar refractivity (Wildman–Crippen MR) is 141 cm³/mol. The molecule has 0 bridgehead atoms. The van der Waals surface area contributed by atoms with Crippen molar-refractivity contribution in [1.82, 2.24) is 19.7 Å². The third-order valence-corrected chi connectivity index (χ3v) is 7.81. The van der Waals surface area contributed by atoms with Crippen LogP contribution in [0.1, 0.15) is 68.7 Å². The van der Waals surface area contributed by atoms with Crippen LogP contribution in [0.15, 0.2) is 36.5 Å². The van der Waals surface area contributed by atoms with E-state index in [4.69, 9.17) is 9.84 Å². The molecule has 9 nitrogen and oxygen atoms in total. The molecule has 1 saturated heterocycles. The Kier molecular flexibility index (Phi) is 7.24. The summed E-state index contributed by atoms with van der Waals surface area (Å²) in [6.07, 6.45) is -0.311. The van der Waals surface area contributed by atoms with E-state index in [-0.39, 0.29) is 35.4 Å². The number of aromatic nitrogens is 3. The number of amides is 2. The number of piperidine rings is 1. The van der Waals surface area contributed by atoms with Crippen LogP contribution in [0.2, 0.25) is 0 Å². The van der Waals surface area contributed by atoms with Gasteiger partial charge in [0.1, 0.15) is 23.2 Å². The van der Waals surface area contributed by atoms with Crippen LogP contribution in [0.25, 0.3) is 10.9 Å². The van der Waals surface area contributed by atoms with Crippen LogP contribution in [0, 0.1) is 5.92 Å². The van der Waals surface area contributed by atoms with E-state index in [9.17, 15) is 27.9 Å². The molecular weight excluding hydrogens is 527 g/mol. The molecule has 0 unspecified atom stereocenters. The molecule has 2 aromatic heterocycles. The molecule has 0 spiro atoms. The maximum atomic E-state index is 13.2. The Hall–Kier alpha value is -3.67. The van der Waals surface area contributed by atoms with Crippen molar-refractivity contribution in [3.8, 4) is 5.75 Å². The molecule has 2 aliphatic rings. The van der Waals surface area contributed by atoms with E-state index in [1.54, 1.807) is 30.9 Å². The predicted octanol–water partition coefficient (Wildman–Crippen LogP) is 4.81. The second-order valence-electron chi connectivity index (χ2n) is 11.2. The number of carbonyl (C=O) groups is 2. The number of pyridine rings is 1. The van der Waals surface area contributed by atoms with Crippen LogP contribution in [0.4, 0.5) is 18.9 Å². The molecule has 2 N–H and O–H groups in total. The highest BCUT2D eigenvalue weighted by atomic mass is 19.4. The molecule has 3 aromatic rings. The van der Waals surface area contributed by atoms with Crippen molar-refractivity contribution >= 4 is 28.4 Å². The summed E-state index contributed by atoms with van der Waals surface area (Å²) in [7, 11) is 0. The average molecular weight is 560 g/mol. The van der Waals surface area contributed by atoms with Gasteiger partial charge in [-0.05, 0) is 50.8 Å². The molecule has 0 radical (unpaired) electrons. The van der Waals surface area contributed by atoms with Crippen molar-refractivity contribution in [2.24, 2.45) is 5.92 Å². The molecule has 1 aliphatic heterocycles. The number of anilines is 1. The Bertz CT molecular complexity index is 1420. The highest BCUT2D eigenvalue weighted by Gasteiger charge is 2.40. The zero-order chi connectivity index (χ0) is 28.8. The van der Waals surface area contributed by atoms with Crippen molar-refractivity contribution in [2.75, 3.05) is 18.4 Å². The molecular formula is C28H32F3N5O4. The summed E-state index contributed by atoms with van der Waals surface area (Å²) < 4.78 is 47.6. The topological polar surface area (TPSA) is 110 Å². The number of fused-ring (bicyclic) bond motifs is 1. The number of hydrogen-bond donors (Lipinski definition) is 2. The monoisotopic (exact) mass is 559 g/mol. The van der Waals surface area contributed by atoms with Gasteiger partial charge in [-0.3, -0.25) is 14.3 Å². The van der Waals surface area contributed by atoms with Gasteiger partial charge in [0.15, 0.2) is 0 Å². The molecule has 0 atom stereocenters. The van der Waals surface area contributed by atoms with E-state index in [2.05, 4.69) is 10.3 Å². The number of likely N-dealkylation sites (tertiary alicyclic amines) is 1. The van der Waals surface area contributed by atoms with E-state index in [0.717, 1.165) is 30.4 Å². The van der Waals surface area contributed by atoms with Gasteiger partial charge >= 0.3 is 6.18 Å². The fraction of sp³-hybridized carbons (Fsp3) is 0.500. The van der Waals surface area contributed by atoms with Crippen LogP contribution in [0.3, 0.4) is 0 Å². The molecule has 1 saturated carbocycles. The Morgan fingerprint density at radius 3 is 2.45 bits per heavy atom. The summed E-state index contributed by atoms with van der Waals surface area (Å²) >= 11 is 0. The molecule has 2 amide bonds. The van der Waals surface area contributed by atoms with Gasteiger partial charge in [0, 0.05) is 50.5 Å². The van der Waals surface area contributed by atoms with Gasteiger partial charge in [-0.15, -0.1) is 0 Å². The number of nitrogens with one attached hydrogen (secondary N) is 1. The van der Waals surface area contributed by atoms with Gasteiger partial charge in [-0.25, -0.2) is 4.98 Å². The molecule has 12 heteroatoms. The average Bonchev–Trinajstić information content (AvgIpc) is 3.24. The summed E-state index contributed by atoms with van der Waals surface area (Å²) in [5, 5.41) is 18.4. The first-order chi connectivity index (χ1) is 18.8. The maximum Gasteiger partial charge on any atom is 0.433 e. The first-order valence-electron chi connectivity index (χ1n) is 13.3. The Balaban J connectivity index is 1.42. The second kappa shape index (κ2) is 10.4. The van der Waals surface area contributed by atoms with Crippen LogP contribution >= 0.6 is 0 Å². The number of aliphatic hydroxyl groups is 1. The lowest BCUT2D eigenvalue weighted by Crippen LogP contribution is -2.41. The zero-order valence-electron chi connectivity index (χ0n) is 22.5. The highest BCUT2D eigenvalue weighted by Crippen LogP contribution is 2.44. The SMILES string of the molecule is CC(=O)N1CCC(Oc2cc3nn(C4CC(C(C)(C)O)C4)cc3cc2NC(=O)c2cccc(C(F)(F)F)n2)CC1. The van der Waals surface area contributed by atoms with Crippen LogP contribution in [0.5, 0.6) is 5.75 Å². The fourth-order valence-electron chi connectivity index (χ4n) is 5.21. The van der Waals surface area contributed by atoms with E-state index < -0.39 is 23.4 Å². The number of alkyl halides is 3. The number of rotatable bonds is 6. The lowest BCUT2D eigenvalue weighted by molar-refractivity contribution is -0.141. The Morgan fingerprint density at radius 2 is 1.82 bits per heavy atom. The summed E-state index contributed by atoms with van der Waals surface area (Å²) in [6.45, 7) is 6.19. The summed E-state index contributed by atoms with van der Waals surface area (Å²) in [6, 6.07) is 6.69. The van der Waals surface area contributed by atoms with Gasteiger partial charge < -0.3 is 20.1 Å². The minimum absolute atomic E-state index is 0.00484. The number of halogens is 3. The Morgan fingerprint density at radius 1 is 1.12 bits per heavy atom. The maximum absolute atomic E-state index is 13.2. The van der Waals surface area contributed by atoms with Crippen LogP contribution in [-0.2, 0) is 11.0 Å². The van der Waals surface area contributed by atoms with Crippen molar-refractivity contribution < 1.29 is 32.6 Å². The molecule has 3 heterocycles. The number of carbonyl (C=O) groups excluding carboxylic acids is 2. The molecule has 1 aromatic carbocycles. The van der Waals surface area contributed by atoms with Crippen molar-refractivity contribution in [1.29, 1.82) is 0 Å². The minimum atomic E-state index is -4.68. The first kappa shape index (κ1) is 27.9. The molecule has 5 rings (SSSR count). The lowest BCUT2D eigenvalue weighted by atomic mass is 9.71. The third kappa shape index (κ3) is 5.91. The number of benzene rings is 1. The summed E-state index contributed by atoms with van der Waals surface area (Å²) in [5.74, 6) is -0.308. The van der Waals surface area contributed by atoms with Crippen molar-refractivity contribution in [2.45, 2.75) is 70.4 Å². The number of ether oxygens (including phenoxy) is 1. The van der Waals surface area contributed by atoms with Gasteiger partial charge in [-0.2, -0.15) is 18.3 Å². The molecule has 1 aliphatic carbocycles. The van der Waals surface area contributed by atoms with Crippen LogP contribution in [-0.4, -0.2) is 61.4 Å². The second-order valence-corrected chi connectivity index (χ2v) is 11.2. The highest BCUT2D eigenvalue weighted by molar-refractivity contribution is 6.05. The quantitative estimate of drug-likeness (QED) is 0.449. The van der Waals surface area contributed by atoms with Crippen molar-refractivity contribution in [3.63, 3.8) is 0 Å². The third-order valence-electron chi connectivity index (χ3n) is 7.81. The first-order valence-corrected chi connectivity index (χ1v) is 13.3. The summed E-state index contributed by atoms with van der Waals surface area (Å²) in [5.41, 5.74) is -1.38. The molecule has 214 valence electrons. The smallest absolute Gasteiger partial charge is 0.433 e. The van der Waals surface area contributed by atoms with Gasteiger partial charge in [0.25, 0.3) is 5.91 Å².